The Morgan fingerprint density at radius 1 is 1.14 bits per heavy atom. The summed E-state index contributed by atoms with van der Waals surface area (Å²) in [5, 5.41) is 19.7. The molecule has 0 saturated heterocycles. The van der Waals surface area contributed by atoms with Crippen molar-refractivity contribution in [2.75, 3.05) is 0 Å². The second kappa shape index (κ2) is 8.53. The van der Waals surface area contributed by atoms with Crippen LogP contribution in [0, 0.1) is 29.6 Å². The third-order valence-electron chi connectivity index (χ3n) is 9.25. The highest BCUT2D eigenvalue weighted by Crippen LogP contribution is 2.64. The minimum Gasteiger partial charge on any atom is -0.487 e. The fraction of sp³-hybridized carbons (Fsp3) is 0.467. The van der Waals surface area contributed by atoms with Crippen LogP contribution in [-0.2, 0) is 19.6 Å². The Kier molecular flexibility index (Phi) is 5.45. The van der Waals surface area contributed by atoms with Crippen LogP contribution in [0.3, 0.4) is 0 Å². The van der Waals surface area contributed by atoms with Gasteiger partial charge < -0.3 is 9.84 Å². The summed E-state index contributed by atoms with van der Waals surface area (Å²) in [6.07, 6.45) is 13.9. The molecule has 0 radical (unpaired) electrons. The van der Waals surface area contributed by atoms with Gasteiger partial charge in [0.05, 0.1) is 12.7 Å². The molecular formula is C30H33N3O2. The summed E-state index contributed by atoms with van der Waals surface area (Å²) in [5.41, 5.74) is 3.81. The molecule has 0 unspecified atom stereocenters. The minimum atomic E-state index is -0.941. The van der Waals surface area contributed by atoms with E-state index < -0.39 is 5.60 Å². The highest BCUT2D eigenvalue weighted by molar-refractivity contribution is 5.41. The van der Waals surface area contributed by atoms with E-state index in [-0.39, 0.29) is 5.41 Å². The lowest BCUT2D eigenvalue weighted by atomic mass is 9.53. The number of aromatic nitrogens is 3. The molecule has 35 heavy (non-hydrogen) atoms. The van der Waals surface area contributed by atoms with Crippen LogP contribution in [0.4, 0.5) is 0 Å². The number of aliphatic hydroxyl groups is 1. The molecule has 5 heteroatoms. The summed E-state index contributed by atoms with van der Waals surface area (Å²) in [4.78, 5) is 0. The fourth-order valence-electron chi connectivity index (χ4n) is 7.31. The van der Waals surface area contributed by atoms with Gasteiger partial charge in [0.1, 0.15) is 23.7 Å². The maximum atomic E-state index is 11.1. The third-order valence-corrected chi connectivity index (χ3v) is 9.25. The highest BCUT2D eigenvalue weighted by Gasteiger charge is 2.61. The molecule has 3 aliphatic carbocycles. The van der Waals surface area contributed by atoms with Gasteiger partial charge in [-0.05, 0) is 85.1 Å². The zero-order valence-electron chi connectivity index (χ0n) is 20.4. The van der Waals surface area contributed by atoms with E-state index >= 15 is 0 Å². The number of hydrogen-bond acceptors (Lipinski definition) is 4. The first kappa shape index (κ1) is 22.4. The van der Waals surface area contributed by atoms with E-state index in [0.717, 1.165) is 50.0 Å². The molecule has 3 aliphatic rings. The number of hydrogen-bond donors (Lipinski definition) is 1. The van der Waals surface area contributed by atoms with Gasteiger partial charge in [0, 0.05) is 5.41 Å². The Bertz CT molecular complexity index is 1260. The molecule has 180 valence electrons. The Hall–Kier alpha value is -3.10. The van der Waals surface area contributed by atoms with Gasteiger partial charge in [0.2, 0.25) is 0 Å². The number of rotatable bonds is 5. The molecular weight excluding hydrogens is 434 g/mol. The van der Waals surface area contributed by atoms with Crippen LogP contribution in [0.2, 0.25) is 0 Å². The number of benzene rings is 2. The molecule has 2 saturated carbocycles. The second-order valence-corrected chi connectivity index (χ2v) is 11.0. The monoisotopic (exact) mass is 467 g/mol. The summed E-state index contributed by atoms with van der Waals surface area (Å²) in [7, 11) is 0. The van der Waals surface area contributed by atoms with Gasteiger partial charge in [0.25, 0.3) is 0 Å². The molecule has 0 bridgehead atoms. The zero-order chi connectivity index (χ0) is 24.0. The third kappa shape index (κ3) is 3.76. The lowest BCUT2D eigenvalue weighted by Gasteiger charge is -2.52. The summed E-state index contributed by atoms with van der Waals surface area (Å²) >= 11 is 0. The van der Waals surface area contributed by atoms with Crippen molar-refractivity contribution in [1.29, 1.82) is 0 Å². The van der Waals surface area contributed by atoms with Gasteiger partial charge in [-0.15, -0.1) is 11.5 Å². The Balaban J connectivity index is 1.13. The van der Waals surface area contributed by atoms with Crippen molar-refractivity contribution in [3.05, 3.63) is 77.1 Å². The lowest BCUT2D eigenvalue weighted by Crippen LogP contribution is -2.50. The predicted molar refractivity (Wildman–Crippen MR) is 135 cm³/mol. The first-order chi connectivity index (χ1) is 17.0. The van der Waals surface area contributed by atoms with Crippen LogP contribution < -0.4 is 4.74 Å². The van der Waals surface area contributed by atoms with Crippen molar-refractivity contribution in [3.8, 4) is 18.1 Å². The van der Waals surface area contributed by atoms with Crippen molar-refractivity contribution in [1.82, 2.24) is 15.0 Å². The molecule has 3 aromatic rings. The molecule has 5 nitrogen and oxygen atoms in total. The zero-order valence-corrected chi connectivity index (χ0v) is 20.4. The minimum absolute atomic E-state index is 0.151. The first-order valence-corrected chi connectivity index (χ1v) is 12.9. The first-order valence-electron chi connectivity index (χ1n) is 12.9. The van der Waals surface area contributed by atoms with Crippen LogP contribution >= 0.6 is 0 Å². The van der Waals surface area contributed by atoms with E-state index in [1.165, 1.54) is 16.7 Å². The predicted octanol–water partition coefficient (Wildman–Crippen LogP) is 5.13. The maximum Gasteiger partial charge on any atom is 0.134 e. The van der Waals surface area contributed by atoms with Crippen molar-refractivity contribution in [2.45, 2.75) is 70.1 Å². The quantitative estimate of drug-likeness (QED) is 0.529. The van der Waals surface area contributed by atoms with Gasteiger partial charge in [-0.1, -0.05) is 54.5 Å². The highest BCUT2D eigenvalue weighted by atomic mass is 16.5. The molecule has 6 rings (SSSR count). The van der Waals surface area contributed by atoms with Crippen molar-refractivity contribution in [3.63, 3.8) is 0 Å². The molecule has 1 N–H and O–H groups in total. The number of fused-ring (bicyclic) bond motifs is 5. The second-order valence-electron chi connectivity index (χ2n) is 11.0. The average Bonchev–Trinajstić information content (AvgIpc) is 3.44. The molecule has 5 atom stereocenters. The van der Waals surface area contributed by atoms with Crippen LogP contribution in [0.25, 0.3) is 0 Å². The van der Waals surface area contributed by atoms with Crippen molar-refractivity contribution < 1.29 is 9.84 Å². The van der Waals surface area contributed by atoms with Crippen LogP contribution in [0.1, 0.15) is 67.3 Å². The van der Waals surface area contributed by atoms with E-state index in [0.29, 0.717) is 30.9 Å². The van der Waals surface area contributed by atoms with E-state index in [9.17, 15) is 5.11 Å². The van der Waals surface area contributed by atoms with Crippen LogP contribution in [-0.4, -0.2) is 25.7 Å². The maximum absolute atomic E-state index is 11.1. The molecule has 2 aromatic carbocycles. The van der Waals surface area contributed by atoms with Gasteiger partial charge in [-0.3, -0.25) is 0 Å². The van der Waals surface area contributed by atoms with E-state index in [4.69, 9.17) is 11.2 Å². The summed E-state index contributed by atoms with van der Waals surface area (Å²) in [6, 6.07) is 16.9. The number of terminal acetylenes is 1. The smallest absolute Gasteiger partial charge is 0.134 e. The molecule has 1 heterocycles. The summed E-state index contributed by atoms with van der Waals surface area (Å²) in [5.74, 6) is 5.33. The van der Waals surface area contributed by atoms with Gasteiger partial charge in [-0.25, -0.2) is 4.68 Å². The van der Waals surface area contributed by atoms with Crippen molar-refractivity contribution >= 4 is 0 Å². The molecule has 2 fully saturated rings. The molecule has 1 aromatic heterocycles. The Labute approximate surface area is 207 Å². The molecule has 0 spiro atoms. The van der Waals surface area contributed by atoms with Gasteiger partial charge >= 0.3 is 0 Å². The topological polar surface area (TPSA) is 60.2 Å². The van der Waals surface area contributed by atoms with Gasteiger partial charge in [0.15, 0.2) is 0 Å². The largest absolute Gasteiger partial charge is 0.487 e. The van der Waals surface area contributed by atoms with Crippen LogP contribution in [0.5, 0.6) is 5.75 Å². The standard InChI is InChI=1S/C30H33N3O2/c1-3-30(34)16-14-28-27-11-9-22-17-24(10-12-25(22)26(27)13-15-29(28,30)2)35-20-23-19-33(32-31-23)18-21-7-5-4-6-8-21/h1,4-8,10,12,17,19,26-28,34H,9,11,13-16,18,20H2,2H3/t26-,27-,28+,29+,30+/m1/s1. The summed E-state index contributed by atoms with van der Waals surface area (Å²) in [6.45, 7) is 3.35. The van der Waals surface area contributed by atoms with Crippen molar-refractivity contribution in [2.24, 2.45) is 17.3 Å². The van der Waals surface area contributed by atoms with Crippen LogP contribution in [0.15, 0.2) is 54.7 Å². The number of aryl methyl sites for hydroxylation is 1. The Morgan fingerprint density at radius 3 is 2.83 bits per heavy atom. The Morgan fingerprint density at radius 2 is 2.00 bits per heavy atom. The fourth-order valence-corrected chi connectivity index (χ4v) is 7.31. The van der Waals surface area contributed by atoms with E-state index in [2.05, 4.69) is 53.5 Å². The number of nitrogens with zero attached hydrogens (tertiary/aromatic N) is 3. The molecule has 0 amide bonds. The van der Waals surface area contributed by atoms with E-state index in [1.807, 2.05) is 29.1 Å². The normalized spacial score (nSPS) is 31.2. The van der Waals surface area contributed by atoms with Gasteiger partial charge in [-0.2, -0.15) is 0 Å². The number of ether oxygens (including phenoxy) is 1. The lowest BCUT2D eigenvalue weighted by molar-refractivity contribution is -0.0646. The van der Waals surface area contributed by atoms with E-state index in [1.54, 1.807) is 0 Å². The molecule has 0 aliphatic heterocycles. The average molecular weight is 468 g/mol. The SMILES string of the molecule is C#C[C@]1(O)CC[C@H]2[C@@H]3CCc4cc(OCc5cn(Cc6ccccc6)nn5)ccc4[C@H]3CC[C@@]21C. The summed E-state index contributed by atoms with van der Waals surface area (Å²) < 4.78 is 7.96.